The minimum Gasteiger partial charge on any atom is -0.397 e. The van der Waals surface area contributed by atoms with Crippen molar-refractivity contribution in [1.82, 2.24) is 0 Å². The molecule has 1 aromatic carbocycles. The van der Waals surface area contributed by atoms with Crippen LogP contribution in [0.25, 0.3) is 0 Å². The highest BCUT2D eigenvalue weighted by molar-refractivity contribution is 7.94. The highest BCUT2D eigenvalue weighted by Gasteiger charge is 2.31. The summed E-state index contributed by atoms with van der Waals surface area (Å²) in [7, 11) is -3.83. The van der Waals surface area contributed by atoms with Crippen molar-refractivity contribution in [1.29, 1.82) is 0 Å². The fraction of sp³-hybridized carbons (Fsp3) is 0.0909. The molecule has 0 amide bonds. The van der Waals surface area contributed by atoms with Crippen LogP contribution in [0.2, 0.25) is 0 Å². The van der Waals surface area contributed by atoms with Crippen molar-refractivity contribution in [3.63, 3.8) is 0 Å². The number of anilines is 2. The van der Waals surface area contributed by atoms with Crippen molar-refractivity contribution in [3.05, 3.63) is 41.3 Å². The highest BCUT2D eigenvalue weighted by atomic mass is 32.2. The quantitative estimate of drug-likeness (QED) is 0.853. The van der Waals surface area contributed by atoms with Gasteiger partial charge in [0.25, 0.3) is 10.0 Å². The van der Waals surface area contributed by atoms with Gasteiger partial charge in [-0.05, 0) is 29.6 Å². The van der Waals surface area contributed by atoms with Crippen LogP contribution in [0.1, 0.15) is 5.56 Å². The molecule has 0 unspecified atom stereocenters. The van der Waals surface area contributed by atoms with Crippen molar-refractivity contribution in [2.75, 3.05) is 10.5 Å². The number of hydrogen-bond donors (Lipinski definition) is 2. The van der Waals surface area contributed by atoms with Crippen LogP contribution in [0.4, 0.5) is 24.5 Å². The molecular weight excluding hydrogens is 313 g/mol. The van der Waals surface area contributed by atoms with Crippen LogP contribution in [0.5, 0.6) is 0 Å². The second-order valence-corrected chi connectivity index (χ2v) is 6.69. The molecule has 9 heteroatoms. The summed E-state index contributed by atoms with van der Waals surface area (Å²) in [5, 5.41) is 1.57. The Morgan fingerprint density at radius 1 is 1.20 bits per heavy atom. The molecule has 2 aromatic rings. The van der Waals surface area contributed by atoms with E-state index in [2.05, 4.69) is 4.72 Å². The first-order valence-corrected chi connectivity index (χ1v) is 7.59. The second kappa shape index (κ2) is 4.98. The van der Waals surface area contributed by atoms with Crippen molar-refractivity contribution in [2.24, 2.45) is 0 Å². The van der Waals surface area contributed by atoms with Gasteiger partial charge in [0.15, 0.2) is 0 Å². The van der Waals surface area contributed by atoms with Gasteiger partial charge in [-0.2, -0.15) is 13.2 Å². The van der Waals surface area contributed by atoms with Gasteiger partial charge >= 0.3 is 6.18 Å². The number of nitrogens with one attached hydrogen (secondary N) is 1. The number of thiophene rings is 1. The number of alkyl halides is 3. The van der Waals surface area contributed by atoms with Crippen LogP contribution >= 0.6 is 11.3 Å². The third-order valence-electron chi connectivity index (χ3n) is 2.38. The van der Waals surface area contributed by atoms with Crippen LogP contribution in [0, 0.1) is 0 Å². The fourth-order valence-corrected chi connectivity index (χ4v) is 3.52. The Bertz CT molecular complexity index is 710. The van der Waals surface area contributed by atoms with Crippen molar-refractivity contribution in [2.45, 2.75) is 10.4 Å². The van der Waals surface area contributed by atoms with E-state index in [-0.39, 0.29) is 15.6 Å². The van der Waals surface area contributed by atoms with Gasteiger partial charge in [0.05, 0.1) is 16.9 Å². The molecule has 108 valence electrons. The molecule has 2 rings (SSSR count). The Balaban J connectivity index is 2.32. The van der Waals surface area contributed by atoms with Crippen LogP contribution in [-0.4, -0.2) is 8.42 Å². The van der Waals surface area contributed by atoms with Gasteiger partial charge in [-0.3, -0.25) is 4.72 Å². The zero-order valence-corrected chi connectivity index (χ0v) is 11.4. The van der Waals surface area contributed by atoms with Crippen molar-refractivity contribution < 1.29 is 21.6 Å². The average molecular weight is 322 g/mol. The number of nitrogen functional groups attached to an aromatic ring is 1. The maximum absolute atomic E-state index is 12.5. The lowest BCUT2D eigenvalue weighted by molar-refractivity contribution is -0.137. The summed E-state index contributed by atoms with van der Waals surface area (Å²) in [4.78, 5) is 0. The molecule has 3 N–H and O–H groups in total. The molecule has 0 aliphatic carbocycles. The summed E-state index contributed by atoms with van der Waals surface area (Å²) in [5.74, 6) is 0. The van der Waals surface area contributed by atoms with Gasteiger partial charge in [-0.15, -0.1) is 11.3 Å². The second-order valence-electron chi connectivity index (χ2n) is 3.84. The van der Waals surface area contributed by atoms with Gasteiger partial charge in [-0.1, -0.05) is 6.07 Å². The zero-order valence-electron chi connectivity index (χ0n) is 9.81. The molecule has 0 spiro atoms. The Kier molecular flexibility index (Phi) is 3.65. The first-order valence-electron chi connectivity index (χ1n) is 5.23. The standard InChI is InChI=1S/C11H9F3N2O2S2/c12-11(13,14)7-3-4-9(8(15)6-7)16-20(17,18)10-2-1-5-19-10/h1-6,16H,15H2. The largest absolute Gasteiger partial charge is 0.416 e. The Labute approximate surface area is 117 Å². The molecule has 0 saturated heterocycles. The van der Waals surface area contributed by atoms with Crippen LogP contribution in [0.15, 0.2) is 39.9 Å². The molecule has 20 heavy (non-hydrogen) atoms. The normalized spacial score (nSPS) is 12.3. The minimum absolute atomic E-state index is 0.0526. The SMILES string of the molecule is Nc1cc(C(F)(F)F)ccc1NS(=O)(=O)c1cccs1. The molecule has 0 aliphatic rings. The first kappa shape index (κ1) is 14.7. The molecule has 1 aromatic heterocycles. The predicted octanol–water partition coefficient (Wildman–Crippen LogP) is 3.15. The number of sulfonamides is 1. The lowest BCUT2D eigenvalue weighted by Crippen LogP contribution is -2.14. The Hall–Kier alpha value is -1.74. The molecule has 0 radical (unpaired) electrons. The topological polar surface area (TPSA) is 72.2 Å². The molecular formula is C11H9F3N2O2S2. The summed E-state index contributed by atoms with van der Waals surface area (Å²) in [6.45, 7) is 0. The monoisotopic (exact) mass is 322 g/mol. The fourth-order valence-electron chi connectivity index (χ4n) is 1.44. The number of nitrogens with two attached hydrogens (primary N) is 1. The lowest BCUT2D eigenvalue weighted by atomic mass is 10.2. The van der Waals surface area contributed by atoms with E-state index in [1.807, 2.05) is 0 Å². The van der Waals surface area contributed by atoms with E-state index in [1.165, 1.54) is 6.07 Å². The van der Waals surface area contributed by atoms with Crippen molar-refractivity contribution >= 4 is 32.7 Å². The van der Waals surface area contributed by atoms with Gasteiger partial charge in [0, 0.05) is 0 Å². The number of hydrogen-bond acceptors (Lipinski definition) is 4. The molecule has 0 aliphatic heterocycles. The van der Waals surface area contributed by atoms with Gasteiger partial charge in [0.2, 0.25) is 0 Å². The van der Waals surface area contributed by atoms with E-state index in [0.29, 0.717) is 6.07 Å². The molecule has 0 atom stereocenters. The van der Waals surface area contributed by atoms with Crippen molar-refractivity contribution in [3.8, 4) is 0 Å². The molecule has 0 bridgehead atoms. The summed E-state index contributed by atoms with van der Waals surface area (Å²) in [5.41, 5.74) is 4.14. The Morgan fingerprint density at radius 2 is 1.90 bits per heavy atom. The number of halogens is 3. The van der Waals surface area contributed by atoms with Gasteiger partial charge in [0.1, 0.15) is 4.21 Å². The highest BCUT2D eigenvalue weighted by Crippen LogP contribution is 2.33. The average Bonchev–Trinajstić information content (AvgIpc) is 2.84. The maximum Gasteiger partial charge on any atom is 0.416 e. The van der Waals surface area contributed by atoms with Crippen LogP contribution in [0.3, 0.4) is 0 Å². The zero-order chi connectivity index (χ0) is 15.0. The molecule has 0 saturated carbocycles. The summed E-state index contributed by atoms with van der Waals surface area (Å²) >= 11 is 0.991. The van der Waals surface area contributed by atoms with Crippen LogP contribution in [-0.2, 0) is 16.2 Å². The maximum atomic E-state index is 12.5. The van der Waals surface area contributed by atoms with Gasteiger partial charge < -0.3 is 5.73 Å². The van der Waals surface area contributed by atoms with Gasteiger partial charge in [-0.25, -0.2) is 8.42 Å². The summed E-state index contributed by atoms with van der Waals surface area (Å²) in [6.07, 6.45) is -4.53. The van der Waals surface area contributed by atoms with E-state index in [0.717, 1.165) is 23.5 Å². The molecule has 1 heterocycles. The molecule has 0 fully saturated rings. The smallest absolute Gasteiger partial charge is 0.397 e. The molecule has 4 nitrogen and oxygen atoms in total. The van der Waals surface area contributed by atoms with E-state index in [4.69, 9.17) is 5.73 Å². The third-order valence-corrected chi connectivity index (χ3v) is 5.15. The van der Waals surface area contributed by atoms with E-state index in [9.17, 15) is 21.6 Å². The summed E-state index contributed by atoms with van der Waals surface area (Å²) in [6, 6.07) is 5.38. The minimum atomic E-state index is -4.53. The number of benzene rings is 1. The van der Waals surface area contributed by atoms with E-state index in [1.54, 1.807) is 11.4 Å². The summed E-state index contributed by atoms with van der Waals surface area (Å²) < 4.78 is 63.5. The first-order chi connectivity index (χ1) is 9.20. The Morgan fingerprint density at radius 3 is 2.40 bits per heavy atom. The van der Waals surface area contributed by atoms with E-state index < -0.39 is 21.8 Å². The lowest BCUT2D eigenvalue weighted by Gasteiger charge is -2.12. The third kappa shape index (κ3) is 3.05. The predicted molar refractivity (Wildman–Crippen MR) is 71.0 cm³/mol. The van der Waals surface area contributed by atoms with Crippen LogP contribution < -0.4 is 10.5 Å². The number of rotatable bonds is 3. The van der Waals surface area contributed by atoms with E-state index >= 15 is 0 Å².